The predicted octanol–water partition coefficient (Wildman–Crippen LogP) is 3.19. The van der Waals surface area contributed by atoms with Gasteiger partial charge in [0.15, 0.2) is 0 Å². The van der Waals surface area contributed by atoms with E-state index in [1.165, 1.54) is 56.2 Å². The van der Waals surface area contributed by atoms with Crippen molar-refractivity contribution in [1.29, 1.82) is 0 Å². The predicted molar refractivity (Wildman–Crippen MR) is 70.9 cm³/mol. The van der Waals surface area contributed by atoms with E-state index in [9.17, 15) is 0 Å². The van der Waals surface area contributed by atoms with Gasteiger partial charge in [0.25, 0.3) is 0 Å². The van der Waals surface area contributed by atoms with Gasteiger partial charge in [0, 0.05) is 17.8 Å². The van der Waals surface area contributed by atoms with E-state index >= 15 is 0 Å². The molecule has 1 aliphatic rings. The molecular formula is C14H25N3. The maximum atomic E-state index is 5.80. The van der Waals surface area contributed by atoms with Crippen LogP contribution in [0.3, 0.4) is 0 Å². The van der Waals surface area contributed by atoms with Crippen LogP contribution in [0.15, 0.2) is 6.20 Å². The van der Waals surface area contributed by atoms with Crippen LogP contribution < -0.4 is 5.73 Å². The molecule has 3 heteroatoms. The van der Waals surface area contributed by atoms with Gasteiger partial charge in [-0.1, -0.05) is 39.0 Å². The Balaban J connectivity index is 2.20. The minimum absolute atomic E-state index is 0.624. The van der Waals surface area contributed by atoms with Gasteiger partial charge in [0.2, 0.25) is 0 Å². The Bertz CT molecular complexity index is 335. The van der Waals surface area contributed by atoms with E-state index < -0.39 is 0 Å². The van der Waals surface area contributed by atoms with Gasteiger partial charge < -0.3 is 5.73 Å². The Morgan fingerprint density at radius 2 is 2.00 bits per heavy atom. The van der Waals surface area contributed by atoms with Crippen LogP contribution >= 0.6 is 0 Å². The smallest absolute Gasteiger partial charge is 0.0537 e. The van der Waals surface area contributed by atoms with Crippen molar-refractivity contribution in [2.24, 2.45) is 5.73 Å². The van der Waals surface area contributed by atoms with Crippen LogP contribution in [0.2, 0.25) is 0 Å². The molecule has 1 aromatic rings. The summed E-state index contributed by atoms with van der Waals surface area (Å²) >= 11 is 0. The molecule has 0 spiro atoms. The summed E-state index contributed by atoms with van der Waals surface area (Å²) in [4.78, 5) is 0. The number of hydrogen-bond donors (Lipinski definition) is 1. The van der Waals surface area contributed by atoms with Crippen LogP contribution in [0.25, 0.3) is 0 Å². The third-order valence-corrected chi connectivity index (χ3v) is 3.86. The van der Waals surface area contributed by atoms with E-state index in [-0.39, 0.29) is 0 Å². The van der Waals surface area contributed by atoms with Gasteiger partial charge in [-0.05, 0) is 19.3 Å². The Morgan fingerprint density at radius 3 is 2.59 bits per heavy atom. The topological polar surface area (TPSA) is 43.8 Å². The van der Waals surface area contributed by atoms with Crippen LogP contribution in [0.5, 0.6) is 0 Å². The summed E-state index contributed by atoms with van der Waals surface area (Å²) in [7, 11) is 0. The lowest BCUT2D eigenvalue weighted by molar-refractivity contribution is 0.392. The highest BCUT2D eigenvalue weighted by Gasteiger charge is 2.19. The van der Waals surface area contributed by atoms with Crippen LogP contribution in [0.1, 0.15) is 69.2 Å². The van der Waals surface area contributed by atoms with Crippen molar-refractivity contribution in [3.05, 3.63) is 17.5 Å². The van der Waals surface area contributed by atoms with Gasteiger partial charge in [-0.15, -0.1) is 0 Å². The van der Waals surface area contributed by atoms with Crippen molar-refractivity contribution >= 4 is 0 Å². The van der Waals surface area contributed by atoms with Crippen LogP contribution in [-0.2, 0) is 13.0 Å². The van der Waals surface area contributed by atoms with E-state index in [0.29, 0.717) is 12.6 Å². The molecule has 0 bridgehead atoms. The Kier molecular flexibility index (Phi) is 4.60. The zero-order valence-corrected chi connectivity index (χ0v) is 11.0. The first-order chi connectivity index (χ1) is 8.36. The summed E-state index contributed by atoms with van der Waals surface area (Å²) in [5, 5.41) is 4.61. The third kappa shape index (κ3) is 2.89. The molecule has 1 heterocycles. The van der Waals surface area contributed by atoms with Gasteiger partial charge >= 0.3 is 0 Å². The second kappa shape index (κ2) is 6.20. The third-order valence-electron chi connectivity index (χ3n) is 3.86. The maximum absolute atomic E-state index is 5.80. The fourth-order valence-electron chi connectivity index (χ4n) is 2.92. The SMILES string of the molecule is CCCc1c(CN)cnn1C1CCCCCC1. The summed E-state index contributed by atoms with van der Waals surface area (Å²) in [5.74, 6) is 0. The maximum Gasteiger partial charge on any atom is 0.0537 e. The first kappa shape index (κ1) is 12.6. The molecule has 96 valence electrons. The highest BCUT2D eigenvalue weighted by Crippen LogP contribution is 2.28. The van der Waals surface area contributed by atoms with E-state index in [4.69, 9.17) is 5.73 Å². The Hall–Kier alpha value is -0.830. The molecule has 1 aliphatic carbocycles. The average Bonchev–Trinajstić information content (AvgIpc) is 2.58. The summed E-state index contributed by atoms with van der Waals surface area (Å²) < 4.78 is 2.29. The minimum atomic E-state index is 0.624. The highest BCUT2D eigenvalue weighted by molar-refractivity contribution is 5.18. The zero-order valence-electron chi connectivity index (χ0n) is 11.0. The summed E-state index contributed by atoms with van der Waals surface area (Å²) in [6, 6.07) is 0.624. The molecule has 0 radical (unpaired) electrons. The lowest BCUT2D eigenvalue weighted by Gasteiger charge is -2.18. The number of aromatic nitrogens is 2. The fraction of sp³-hybridized carbons (Fsp3) is 0.786. The summed E-state index contributed by atoms with van der Waals surface area (Å²) in [6.07, 6.45) is 12.4. The van der Waals surface area contributed by atoms with Crippen molar-refractivity contribution < 1.29 is 0 Å². The molecular weight excluding hydrogens is 210 g/mol. The highest BCUT2D eigenvalue weighted by atomic mass is 15.3. The molecule has 0 aromatic carbocycles. The van der Waals surface area contributed by atoms with Crippen molar-refractivity contribution in [1.82, 2.24) is 9.78 Å². The summed E-state index contributed by atoms with van der Waals surface area (Å²) in [5.41, 5.74) is 8.44. The lowest BCUT2D eigenvalue weighted by atomic mass is 10.1. The number of rotatable bonds is 4. The quantitative estimate of drug-likeness (QED) is 0.814. The standard InChI is InChI=1S/C14H25N3/c1-2-7-14-12(10-15)11-16-17(14)13-8-5-3-4-6-9-13/h11,13H,2-10,15H2,1H3. The first-order valence-electron chi connectivity index (χ1n) is 7.12. The molecule has 0 amide bonds. The molecule has 2 rings (SSSR count). The van der Waals surface area contributed by atoms with Crippen molar-refractivity contribution in [3.63, 3.8) is 0 Å². The zero-order chi connectivity index (χ0) is 12.1. The molecule has 0 unspecified atom stereocenters. The Labute approximate surface area is 104 Å². The molecule has 1 fully saturated rings. The van der Waals surface area contributed by atoms with E-state index in [0.717, 1.165) is 6.42 Å². The Morgan fingerprint density at radius 1 is 1.29 bits per heavy atom. The van der Waals surface area contributed by atoms with Gasteiger partial charge in [-0.25, -0.2) is 0 Å². The second-order valence-corrected chi connectivity index (χ2v) is 5.16. The molecule has 1 saturated carbocycles. The second-order valence-electron chi connectivity index (χ2n) is 5.16. The average molecular weight is 235 g/mol. The van der Waals surface area contributed by atoms with Crippen molar-refractivity contribution in [2.75, 3.05) is 0 Å². The van der Waals surface area contributed by atoms with Crippen LogP contribution in [-0.4, -0.2) is 9.78 Å². The fourth-order valence-corrected chi connectivity index (χ4v) is 2.92. The normalized spacial score (nSPS) is 18.2. The molecule has 17 heavy (non-hydrogen) atoms. The van der Waals surface area contributed by atoms with Crippen LogP contribution in [0.4, 0.5) is 0 Å². The minimum Gasteiger partial charge on any atom is -0.326 e. The van der Waals surface area contributed by atoms with Crippen LogP contribution in [0, 0.1) is 0 Å². The lowest BCUT2D eigenvalue weighted by Crippen LogP contribution is -2.14. The molecule has 0 saturated heterocycles. The first-order valence-corrected chi connectivity index (χ1v) is 7.12. The van der Waals surface area contributed by atoms with Crippen molar-refractivity contribution in [2.45, 2.75) is 70.9 Å². The number of nitrogens with two attached hydrogens (primary N) is 1. The number of nitrogens with zero attached hydrogens (tertiary/aromatic N) is 2. The molecule has 2 N–H and O–H groups in total. The van der Waals surface area contributed by atoms with Gasteiger partial charge in [0.05, 0.1) is 12.2 Å². The molecule has 1 aromatic heterocycles. The molecule has 0 atom stereocenters. The van der Waals surface area contributed by atoms with Gasteiger partial charge in [-0.3, -0.25) is 4.68 Å². The van der Waals surface area contributed by atoms with E-state index in [2.05, 4.69) is 16.7 Å². The molecule has 0 aliphatic heterocycles. The monoisotopic (exact) mass is 235 g/mol. The van der Waals surface area contributed by atoms with E-state index in [1.54, 1.807) is 0 Å². The van der Waals surface area contributed by atoms with Gasteiger partial charge in [0.1, 0.15) is 0 Å². The van der Waals surface area contributed by atoms with Crippen molar-refractivity contribution in [3.8, 4) is 0 Å². The molecule has 3 nitrogen and oxygen atoms in total. The summed E-state index contributed by atoms with van der Waals surface area (Å²) in [6.45, 7) is 2.85. The number of hydrogen-bond acceptors (Lipinski definition) is 2. The largest absolute Gasteiger partial charge is 0.326 e. The van der Waals surface area contributed by atoms with E-state index in [1.807, 2.05) is 6.20 Å². The van der Waals surface area contributed by atoms with Gasteiger partial charge in [-0.2, -0.15) is 5.10 Å².